The number of pyridine rings is 1. The number of methoxy groups -OCH3 is 1. The molecular formula is C15H13ClN2O. The molecule has 19 heavy (non-hydrogen) atoms. The van der Waals surface area contributed by atoms with Gasteiger partial charge in [-0.15, -0.1) is 0 Å². The minimum absolute atomic E-state index is 0.639. The maximum Gasteiger partial charge on any atom is 0.156 e. The molecule has 0 saturated carbocycles. The number of fused-ring (bicyclic) bond motifs is 1. The number of imidazole rings is 1. The number of hydrogen-bond acceptors (Lipinski definition) is 2. The molecule has 0 saturated heterocycles. The zero-order chi connectivity index (χ0) is 13.4. The molecule has 2 heterocycles. The van der Waals surface area contributed by atoms with Gasteiger partial charge in [0.1, 0.15) is 5.75 Å². The van der Waals surface area contributed by atoms with Crippen molar-refractivity contribution in [1.29, 1.82) is 0 Å². The van der Waals surface area contributed by atoms with Crippen LogP contribution in [-0.4, -0.2) is 16.5 Å². The molecule has 2 aromatic heterocycles. The normalized spacial score (nSPS) is 10.9. The van der Waals surface area contributed by atoms with Crippen molar-refractivity contribution in [2.75, 3.05) is 7.11 Å². The highest BCUT2D eigenvalue weighted by molar-refractivity contribution is 6.33. The van der Waals surface area contributed by atoms with E-state index in [0.29, 0.717) is 5.02 Å². The molecule has 3 nitrogen and oxygen atoms in total. The molecule has 0 aliphatic heterocycles. The molecule has 0 atom stereocenters. The number of nitrogens with zero attached hydrogens (tertiary/aromatic N) is 2. The first-order valence-corrected chi connectivity index (χ1v) is 6.35. The Morgan fingerprint density at radius 2 is 2.11 bits per heavy atom. The van der Waals surface area contributed by atoms with E-state index < -0.39 is 0 Å². The van der Waals surface area contributed by atoms with Crippen LogP contribution in [0.15, 0.2) is 42.7 Å². The van der Waals surface area contributed by atoms with Crippen LogP contribution in [0, 0.1) is 6.92 Å². The van der Waals surface area contributed by atoms with Crippen LogP contribution in [0.5, 0.6) is 5.75 Å². The first-order chi connectivity index (χ1) is 9.20. The summed E-state index contributed by atoms with van der Waals surface area (Å²) >= 11 is 6.15. The van der Waals surface area contributed by atoms with Gasteiger partial charge in [0.15, 0.2) is 5.65 Å². The number of rotatable bonds is 2. The fourth-order valence-corrected chi connectivity index (χ4v) is 2.41. The summed E-state index contributed by atoms with van der Waals surface area (Å²) in [7, 11) is 1.67. The molecule has 96 valence electrons. The Bertz CT molecular complexity index is 749. The van der Waals surface area contributed by atoms with E-state index in [1.165, 1.54) is 5.56 Å². The maximum absolute atomic E-state index is 6.15. The highest BCUT2D eigenvalue weighted by Crippen LogP contribution is 2.32. The van der Waals surface area contributed by atoms with E-state index in [-0.39, 0.29) is 0 Å². The van der Waals surface area contributed by atoms with Gasteiger partial charge >= 0.3 is 0 Å². The summed E-state index contributed by atoms with van der Waals surface area (Å²) in [5, 5.41) is 0.639. The zero-order valence-corrected chi connectivity index (χ0v) is 11.5. The summed E-state index contributed by atoms with van der Waals surface area (Å²) in [5.74, 6) is 0.826. The van der Waals surface area contributed by atoms with E-state index in [1.807, 2.05) is 41.1 Å². The van der Waals surface area contributed by atoms with Crippen molar-refractivity contribution in [2.24, 2.45) is 0 Å². The van der Waals surface area contributed by atoms with Crippen LogP contribution in [-0.2, 0) is 0 Å². The number of ether oxygens (including phenoxy) is 1. The molecule has 0 bridgehead atoms. The molecule has 3 rings (SSSR count). The molecule has 0 aliphatic carbocycles. The SMILES string of the molecule is COc1ccc(C)cc1-c1cnc2c(Cl)cccn12. The van der Waals surface area contributed by atoms with Crippen LogP contribution < -0.4 is 4.74 Å². The predicted molar refractivity (Wildman–Crippen MR) is 76.9 cm³/mol. The molecule has 0 spiro atoms. The van der Waals surface area contributed by atoms with Crippen molar-refractivity contribution in [3.63, 3.8) is 0 Å². The fraction of sp³-hybridized carbons (Fsp3) is 0.133. The molecule has 4 heteroatoms. The lowest BCUT2D eigenvalue weighted by Gasteiger charge is -2.09. The van der Waals surface area contributed by atoms with E-state index in [9.17, 15) is 0 Å². The Morgan fingerprint density at radius 1 is 1.26 bits per heavy atom. The average Bonchev–Trinajstić information content (AvgIpc) is 2.84. The smallest absolute Gasteiger partial charge is 0.156 e. The van der Waals surface area contributed by atoms with Gasteiger partial charge in [-0.1, -0.05) is 23.2 Å². The van der Waals surface area contributed by atoms with E-state index in [1.54, 1.807) is 7.11 Å². The Balaban J connectivity index is 2.30. The number of halogens is 1. The third-order valence-corrected chi connectivity index (χ3v) is 3.41. The Kier molecular flexibility index (Phi) is 2.91. The average molecular weight is 273 g/mol. The number of aryl methyl sites for hydroxylation is 1. The second-order valence-corrected chi connectivity index (χ2v) is 4.80. The van der Waals surface area contributed by atoms with Gasteiger partial charge in [0, 0.05) is 11.8 Å². The van der Waals surface area contributed by atoms with Gasteiger partial charge in [-0.3, -0.25) is 4.40 Å². The van der Waals surface area contributed by atoms with Crippen LogP contribution in [0.25, 0.3) is 16.9 Å². The number of aromatic nitrogens is 2. The molecule has 1 aromatic carbocycles. The topological polar surface area (TPSA) is 26.5 Å². The van der Waals surface area contributed by atoms with Crippen LogP contribution in [0.1, 0.15) is 5.56 Å². The molecule has 0 radical (unpaired) electrons. The Hall–Kier alpha value is -2.00. The van der Waals surface area contributed by atoms with Crippen molar-refractivity contribution >= 4 is 17.2 Å². The number of benzene rings is 1. The van der Waals surface area contributed by atoms with Gasteiger partial charge in [0.05, 0.1) is 24.0 Å². The summed E-state index contributed by atoms with van der Waals surface area (Å²) in [5.41, 5.74) is 3.91. The quantitative estimate of drug-likeness (QED) is 0.706. The summed E-state index contributed by atoms with van der Waals surface area (Å²) < 4.78 is 7.40. The van der Waals surface area contributed by atoms with Crippen LogP contribution >= 0.6 is 11.6 Å². The summed E-state index contributed by atoms with van der Waals surface area (Å²) in [6.45, 7) is 2.05. The van der Waals surface area contributed by atoms with Gasteiger partial charge in [0.25, 0.3) is 0 Å². The van der Waals surface area contributed by atoms with Gasteiger partial charge < -0.3 is 4.74 Å². The van der Waals surface area contributed by atoms with E-state index in [2.05, 4.69) is 18.0 Å². The first kappa shape index (κ1) is 12.1. The lowest BCUT2D eigenvalue weighted by Crippen LogP contribution is -1.92. The molecule has 0 amide bonds. The largest absolute Gasteiger partial charge is 0.496 e. The highest BCUT2D eigenvalue weighted by atomic mass is 35.5. The van der Waals surface area contributed by atoms with E-state index >= 15 is 0 Å². The maximum atomic E-state index is 6.15. The van der Waals surface area contributed by atoms with Crippen molar-refractivity contribution in [2.45, 2.75) is 6.92 Å². The molecule has 0 fully saturated rings. The van der Waals surface area contributed by atoms with Gasteiger partial charge in [0.2, 0.25) is 0 Å². The van der Waals surface area contributed by atoms with Gasteiger partial charge in [-0.05, 0) is 31.2 Å². The Morgan fingerprint density at radius 3 is 2.89 bits per heavy atom. The first-order valence-electron chi connectivity index (χ1n) is 5.97. The third kappa shape index (κ3) is 1.96. The fourth-order valence-electron chi connectivity index (χ4n) is 2.20. The van der Waals surface area contributed by atoms with E-state index in [4.69, 9.17) is 16.3 Å². The minimum Gasteiger partial charge on any atom is -0.496 e. The monoisotopic (exact) mass is 272 g/mol. The lowest BCUT2D eigenvalue weighted by atomic mass is 10.1. The standard InChI is InChI=1S/C15H13ClN2O/c1-10-5-6-14(19-2)11(8-10)13-9-17-15-12(16)4-3-7-18(13)15/h3-9H,1-2H3. The molecule has 0 aliphatic rings. The summed E-state index contributed by atoms with van der Waals surface area (Å²) in [6, 6.07) is 9.82. The van der Waals surface area contributed by atoms with Crippen molar-refractivity contribution in [1.82, 2.24) is 9.38 Å². The lowest BCUT2D eigenvalue weighted by molar-refractivity contribution is 0.416. The minimum atomic E-state index is 0.639. The molecule has 0 unspecified atom stereocenters. The second kappa shape index (κ2) is 4.59. The molecular weight excluding hydrogens is 260 g/mol. The van der Waals surface area contributed by atoms with E-state index in [0.717, 1.165) is 22.7 Å². The van der Waals surface area contributed by atoms with Crippen LogP contribution in [0.4, 0.5) is 0 Å². The summed E-state index contributed by atoms with van der Waals surface area (Å²) in [4.78, 5) is 4.38. The third-order valence-electron chi connectivity index (χ3n) is 3.12. The van der Waals surface area contributed by atoms with Crippen molar-refractivity contribution in [3.05, 3.63) is 53.3 Å². The van der Waals surface area contributed by atoms with Crippen LogP contribution in [0.3, 0.4) is 0 Å². The second-order valence-electron chi connectivity index (χ2n) is 4.40. The highest BCUT2D eigenvalue weighted by Gasteiger charge is 2.12. The predicted octanol–water partition coefficient (Wildman–Crippen LogP) is 3.97. The zero-order valence-electron chi connectivity index (χ0n) is 10.7. The molecule has 3 aromatic rings. The number of hydrogen-bond donors (Lipinski definition) is 0. The van der Waals surface area contributed by atoms with Crippen LogP contribution in [0.2, 0.25) is 5.02 Å². The van der Waals surface area contributed by atoms with Crippen molar-refractivity contribution in [3.8, 4) is 17.0 Å². The van der Waals surface area contributed by atoms with Crippen molar-refractivity contribution < 1.29 is 4.74 Å². The van der Waals surface area contributed by atoms with Gasteiger partial charge in [-0.25, -0.2) is 4.98 Å². The molecule has 0 N–H and O–H groups in total. The van der Waals surface area contributed by atoms with Gasteiger partial charge in [-0.2, -0.15) is 0 Å². The summed E-state index contributed by atoms with van der Waals surface area (Å²) in [6.07, 6.45) is 3.77. The Labute approximate surface area is 116 Å².